The molecule has 0 aromatic carbocycles. The minimum absolute atomic E-state index is 0.242. The van der Waals surface area contributed by atoms with Gasteiger partial charge in [-0.3, -0.25) is 13.8 Å². The van der Waals surface area contributed by atoms with E-state index in [4.69, 9.17) is 9.05 Å². The summed E-state index contributed by atoms with van der Waals surface area (Å²) in [6, 6.07) is -1.02. The number of aliphatic hydroxyl groups is 6. The van der Waals surface area contributed by atoms with Crippen LogP contribution in [0.15, 0.2) is 0 Å². The van der Waals surface area contributed by atoms with Gasteiger partial charge in [-0.2, -0.15) is 0 Å². The highest BCUT2D eigenvalue weighted by Gasteiger charge is 2.51. The Bertz CT molecular complexity index is 900. The molecule has 8 N–H and O–H groups in total. The van der Waals surface area contributed by atoms with Crippen molar-refractivity contribution in [3.8, 4) is 0 Å². The largest absolute Gasteiger partial charge is 0.472 e. The van der Waals surface area contributed by atoms with Crippen LogP contribution in [0.25, 0.3) is 0 Å². The van der Waals surface area contributed by atoms with Gasteiger partial charge in [-0.15, -0.1) is 0 Å². The molecule has 310 valence electrons. The lowest BCUT2D eigenvalue weighted by molar-refractivity contribution is -0.220. The molecule has 0 spiro atoms. The molecule has 1 aliphatic rings. The van der Waals surface area contributed by atoms with Crippen LogP contribution in [0.5, 0.6) is 0 Å². The number of aliphatic hydroxyl groups excluding tert-OH is 6. The van der Waals surface area contributed by atoms with E-state index in [0.29, 0.717) is 19.3 Å². The molecule has 1 amide bonds. The van der Waals surface area contributed by atoms with E-state index in [9.17, 15) is 44.9 Å². The Morgan fingerprint density at radius 3 is 1.33 bits per heavy atom. The molecule has 0 saturated heterocycles. The van der Waals surface area contributed by atoms with E-state index in [1.165, 1.54) is 109 Å². The van der Waals surface area contributed by atoms with Crippen LogP contribution < -0.4 is 5.32 Å². The summed E-state index contributed by atoms with van der Waals surface area (Å²) in [4.78, 5) is 23.3. The molecule has 0 heterocycles. The molecule has 1 fully saturated rings. The molecule has 13 heteroatoms. The third-order valence-electron chi connectivity index (χ3n) is 10.4. The number of nitrogens with one attached hydrogen (secondary N) is 1. The van der Waals surface area contributed by atoms with Gasteiger partial charge in [-0.05, 0) is 12.8 Å². The Morgan fingerprint density at radius 1 is 0.577 bits per heavy atom. The van der Waals surface area contributed by atoms with Crippen LogP contribution in [0.4, 0.5) is 0 Å². The Kier molecular flexibility index (Phi) is 29.0. The average Bonchev–Trinajstić information content (AvgIpc) is 3.12. The molecule has 1 saturated carbocycles. The van der Waals surface area contributed by atoms with E-state index in [1.54, 1.807) is 0 Å². The molecule has 6 unspecified atom stereocenters. The summed E-state index contributed by atoms with van der Waals surface area (Å²) in [5.41, 5.74) is 0. The maximum atomic E-state index is 12.9. The maximum absolute atomic E-state index is 12.9. The number of amides is 1. The monoisotopic (exact) mass is 768 g/mol. The second kappa shape index (κ2) is 30.5. The molecule has 0 aromatic heterocycles. The molecule has 0 aromatic rings. The van der Waals surface area contributed by atoms with E-state index in [-0.39, 0.29) is 12.3 Å². The van der Waals surface area contributed by atoms with Crippen molar-refractivity contribution in [1.29, 1.82) is 0 Å². The topological polar surface area (TPSA) is 206 Å². The minimum Gasteiger partial charge on any atom is -0.391 e. The zero-order chi connectivity index (χ0) is 38.6. The fraction of sp³-hybridized carbons (Fsp3) is 0.974. The summed E-state index contributed by atoms with van der Waals surface area (Å²) in [6.45, 7) is 3.86. The number of rotatable bonds is 34. The van der Waals surface area contributed by atoms with Gasteiger partial charge in [-0.25, -0.2) is 4.57 Å². The van der Waals surface area contributed by atoms with E-state index in [1.807, 2.05) is 0 Å². The van der Waals surface area contributed by atoms with Crippen LogP contribution >= 0.6 is 7.82 Å². The molecule has 0 bridgehead atoms. The predicted molar refractivity (Wildman–Crippen MR) is 205 cm³/mol. The third-order valence-corrected chi connectivity index (χ3v) is 11.4. The molecule has 52 heavy (non-hydrogen) atoms. The Morgan fingerprint density at radius 2 is 0.923 bits per heavy atom. The van der Waals surface area contributed by atoms with Crippen LogP contribution in [0, 0.1) is 0 Å². The zero-order valence-electron chi connectivity index (χ0n) is 32.6. The van der Waals surface area contributed by atoms with Gasteiger partial charge in [0.25, 0.3) is 0 Å². The summed E-state index contributed by atoms with van der Waals surface area (Å²) < 4.78 is 22.9. The van der Waals surface area contributed by atoms with Crippen molar-refractivity contribution in [3.05, 3.63) is 0 Å². The van der Waals surface area contributed by atoms with Crippen molar-refractivity contribution in [2.24, 2.45) is 0 Å². The van der Waals surface area contributed by atoms with Crippen LogP contribution in [0.1, 0.15) is 187 Å². The molecular formula is C39H78NO11P. The molecule has 1 aliphatic carbocycles. The number of carbonyl (C=O) groups excluding carboxylic acids is 1. The first-order valence-electron chi connectivity index (χ1n) is 21.0. The first-order valence-corrected chi connectivity index (χ1v) is 22.5. The second-order valence-electron chi connectivity index (χ2n) is 15.2. The lowest BCUT2D eigenvalue weighted by Crippen LogP contribution is -2.64. The summed E-state index contributed by atoms with van der Waals surface area (Å²) in [7, 11) is -5.04. The van der Waals surface area contributed by atoms with Crippen molar-refractivity contribution in [2.45, 2.75) is 236 Å². The summed E-state index contributed by atoms with van der Waals surface area (Å²) >= 11 is 0. The van der Waals surface area contributed by atoms with Gasteiger partial charge in [0.1, 0.15) is 36.6 Å². The number of phosphoric ester groups is 1. The number of hydrogen-bond donors (Lipinski definition) is 8. The van der Waals surface area contributed by atoms with Crippen LogP contribution in [0.3, 0.4) is 0 Å². The maximum Gasteiger partial charge on any atom is 0.472 e. The van der Waals surface area contributed by atoms with Crippen molar-refractivity contribution in [1.82, 2.24) is 5.32 Å². The first kappa shape index (κ1) is 49.4. The van der Waals surface area contributed by atoms with Gasteiger partial charge in [0.2, 0.25) is 5.91 Å². The van der Waals surface area contributed by atoms with Crippen LogP contribution in [-0.4, -0.2) is 96.8 Å². The van der Waals surface area contributed by atoms with E-state index in [0.717, 1.165) is 38.5 Å². The van der Waals surface area contributed by atoms with E-state index in [2.05, 4.69) is 19.2 Å². The van der Waals surface area contributed by atoms with Crippen molar-refractivity contribution >= 4 is 13.7 Å². The lowest BCUT2D eigenvalue weighted by atomic mass is 9.85. The molecule has 9 atom stereocenters. The quantitative estimate of drug-likeness (QED) is 0.0255. The number of hydrogen-bond acceptors (Lipinski definition) is 10. The number of unbranched alkanes of at least 4 members (excludes halogenated alkanes) is 23. The smallest absolute Gasteiger partial charge is 0.391 e. The average molecular weight is 768 g/mol. The SMILES string of the molecule is CCCCCCCCCCCCCCCCC(=O)N[C@@H](COP(=O)(O)OC1C(O)C(O)C(O)[C@@H](O)C1O)[C@H](O)CCCCCCCCCCCCC. The predicted octanol–water partition coefficient (Wildman–Crippen LogP) is 6.72. The normalized spacial score (nSPS) is 24.4. The van der Waals surface area contributed by atoms with Crippen molar-refractivity contribution in [2.75, 3.05) is 6.61 Å². The Hall–Kier alpha value is -0.660. The standard InChI is InChI=1S/C39H78NO11P/c1-3-5-7-9-11-13-15-16-17-19-21-23-25-27-29-33(42)40-31(32(41)28-26-24-22-20-18-14-12-10-8-6-4-2)30-50-52(48,49)51-39-37(46)35(44)34(43)36(45)38(39)47/h31-32,34-39,41,43-47H,3-30H2,1-2H3,(H,40,42)(H,48,49)/t31-,32+,34?,35+,36?,37?,38?,39?/m0/s1. The molecule has 1 rings (SSSR count). The fourth-order valence-electron chi connectivity index (χ4n) is 6.91. The van der Waals surface area contributed by atoms with Gasteiger partial charge >= 0.3 is 7.82 Å². The van der Waals surface area contributed by atoms with Crippen LogP contribution in [-0.2, 0) is 18.4 Å². The first-order chi connectivity index (χ1) is 24.9. The Balaban J connectivity index is 2.52. The number of phosphoric acid groups is 1. The van der Waals surface area contributed by atoms with Gasteiger partial charge in [0.15, 0.2) is 0 Å². The zero-order valence-corrected chi connectivity index (χ0v) is 33.5. The minimum atomic E-state index is -5.04. The lowest BCUT2D eigenvalue weighted by Gasteiger charge is -2.41. The van der Waals surface area contributed by atoms with Gasteiger partial charge < -0.3 is 40.8 Å². The molecule has 0 radical (unpaired) electrons. The van der Waals surface area contributed by atoms with E-state index < -0.39 is 63.2 Å². The Labute approximate surface area is 315 Å². The van der Waals surface area contributed by atoms with Gasteiger partial charge in [-0.1, -0.05) is 168 Å². The highest BCUT2D eigenvalue weighted by molar-refractivity contribution is 7.47. The molecular weight excluding hydrogens is 689 g/mol. The fourth-order valence-corrected chi connectivity index (χ4v) is 7.87. The highest BCUT2D eigenvalue weighted by Crippen LogP contribution is 2.47. The van der Waals surface area contributed by atoms with Gasteiger partial charge in [0, 0.05) is 6.42 Å². The number of carbonyl (C=O) groups is 1. The summed E-state index contributed by atoms with van der Waals surface area (Å²) in [5.74, 6) is -0.308. The third kappa shape index (κ3) is 22.7. The van der Waals surface area contributed by atoms with Crippen LogP contribution in [0.2, 0.25) is 0 Å². The second-order valence-corrected chi connectivity index (χ2v) is 16.6. The van der Waals surface area contributed by atoms with Crippen molar-refractivity contribution < 1.29 is 53.9 Å². The van der Waals surface area contributed by atoms with E-state index >= 15 is 0 Å². The summed E-state index contributed by atoms with van der Waals surface area (Å²) in [5, 5.41) is 63.9. The summed E-state index contributed by atoms with van der Waals surface area (Å²) in [6.07, 6.45) is 17.2. The molecule has 0 aliphatic heterocycles. The van der Waals surface area contributed by atoms with Crippen molar-refractivity contribution in [3.63, 3.8) is 0 Å². The molecule has 12 nitrogen and oxygen atoms in total. The highest BCUT2D eigenvalue weighted by atomic mass is 31.2. The van der Waals surface area contributed by atoms with Gasteiger partial charge in [0.05, 0.1) is 18.8 Å².